The van der Waals surface area contributed by atoms with Crippen LogP contribution in [0.1, 0.15) is 51.8 Å². The fraction of sp³-hybridized carbons (Fsp3) is 0.154. The molecule has 3 heterocycles. The van der Waals surface area contributed by atoms with Crippen molar-refractivity contribution in [1.29, 1.82) is 0 Å². The standard InChI is InChI=1S/C39H33N9O6/c1-4-52-37(49)31-34(46-22-28(40-43-46)25-16-10-7-11-17-25)32(38(50)53-5-2)36(48-24-30(42-45-48)27-20-14-9-15-21-27)33(39(51)54-6-3)35(31)47-23-29(41-44-47)26-18-12-8-13-19-26/h7-24H,4-6H2,1-3H3. The summed E-state index contributed by atoms with van der Waals surface area (Å²) in [6, 6.07) is 27.7. The molecule has 0 aliphatic carbocycles. The molecule has 0 aliphatic heterocycles. The highest BCUT2D eigenvalue weighted by atomic mass is 16.5. The van der Waals surface area contributed by atoms with Gasteiger partial charge >= 0.3 is 17.9 Å². The molecular formula is C39H33N9O6. The smallest absolute Gasteiger partial charge is 0.342 e. The normalized spacial score (nSPS) is 10.9. The maximum Gasteiger partial charge on any atom is 0.342 e. The fourth-order valence-electron chi connectivity index (χ4n) is 5.93. The van der Waals surface area contributed by atoms with E-state index >= 15 is 0 Å². The first-order valence-corrected chi connectivity index (χ1v) is 17.1. The van der Waals surface area contributed by atoms with Crippen LogP contribution in [0, 0.1) is 0 Å². The number of rotatable bonds is 12. The second-order valence-corrected chi connectivity index (χ2v) is 11.6. The highest BCUT2D eigenvalue weighted by Crippen LogP contribution is 2.39. The number of aromatic nitrogens is 9. The van der Waals surface area contributed by atoms with Gasteiger partial charge in [-0.3, -0.25) is 0 Å². The van der Waals surface area contributed by atoms with Gasteiger partial charge in [0.2, 0.25) is 0 Å². The summed E-state index contributed by atoms with van der Waals surface area (Å²) in [7, 11) is 0. The van der Waals surface area contributed by atoms with Crippen LogP contribution in [0.3, 0.4) is 0 Å². The molecule has 0 fully saturated rings. The summed E-state index contributed by atoms with van der Waals surface area (Å²) in [6.07, 6.45) is 4.67. The van der Waals surface area contributed by atoms with Gasteiger partial charge in [0.1, 0.15) is 33.8 Å². The molecule has 0 bridgehead atoms. The molecule has 0 saturated heterocycles. The molecule has 0 aliphatic rings. The molecule has 7 rings (SSSR count). The number of carbonyl (C=O) groups is 3. The van der Waals surface area contributed by atoms with E-state index in [1.165, 1.54) is 14.0 Å². The predicted octanol–water partition coefficient (Wildman–Crippen LogP) is 5.96. The van der Waals surface area contributed by atoms with Crippen molar-refractivity contribution < 1.29 is 28.6 Å². The Morgan fingerprint density at radius 1 is 0.444 bits per heavy atom. The van der Waals surface area contributed by atoms with E-state index in [1.807, 2.05) is 91.0 Å². The van der Waals surface area contributed by atoms with Crippen molar-refractivity contribution in [2.75, 3.05) is 19.8 Å². The van der Waals surface area contributed by atoms with Crippen LogP contribution >= 0.6 is 0 Å². The minimum absolute atomic E-state index is 0.0499. The summed E-state index contributed by atoms with van der Waals surface area (Å²) in [6.45, 7) is 4.76. The van der Waals surface area contributed by atoms with E-state index in [0.29, 0.717) is 17.1 Å². The molecular weight excluding hydrogens is 690 g/mol. The van der Waals surface area contributed by atoms with E-state index in [-0.39, 0.29) is 53.6 Å². The number of hydrogen-bond acceptors (Lipinski definition) is 12. The second kappa shape index (κ2) is 15.5. The molecule has 0 unspecified atom stereocenters. The molecule has 0 spiro atoms. The largest absolute Gasteiger partial charge is 0.462 e. The Morgan fingerprint density at radius 2 is 0.704 bits per heavy atom. The molecule has 54 heavy (non-hydrogen) atoms. The fourth-order valence-corrected chi connectivity index (χ4v) is 5.93. The van der Waals surface area contributed by atoms with Gasteiger partial charge < -0.3 is 14.2 Å². The van der Waals surface area contributed by atoms with E-state index in [0.717, 1.165) is 16.7 Å². The van der Waals surface area contributed by atoms with Gasteiger partial charge in [0.25, 0.3) is 0 Å². The van der Waals surface area contributed by atoms with Gasteiger partial charge in [-0.25, -0.2) is 28.4 Å². The van der Waals surface area contributed by atoms with E-state index in [1.54, 1.807) is 39.4 Å². The van der Waals surface area contributed by atoms with Gasteiger partial charge in [0.15, 0.2) is 0 Å². The van der Waals surface area contributed by atoms with Crippen molar-refractivity contribution in [3.63, 3.8) is 0 Å². The summed E-state index contributed by atoms with van der Waals surface area (Å²) < 4.78 is 20.7. The van der Waals surface area contributed by atoms with Gasteiger partial charge in [0.05, 0.1) is 55.5 Å². The number of esters is 3. The van der Waals surface area contributed by atoms with Gasteiger partial charge in [-0.05, 0) is 20.8 Å². The first kappa shape index (κ1) is 35.1. The maximum absolute atomic E-state index is 14.4. The number of hydrogen-bond donors (Lipinski definition) is 0. The molecule has 0 amide bonds. The molecule has 0 saturated carbocycles. The molecule has 0 N–H and O–H groups in total. The molecule has 3 aromatic heterocycles. The van der Waals surface area contributed by atoms with Crippen molar-refractivity contribution in [2.45, 2.75) is 20.8 Å². The highest BCUT2D eigenvalue weighted by Gasteiger charge is 2.39. The minimum Gasteiger partial charge on any atom is -0.462 e. The molecule has 0 radical (unpaired) electrons. The Morgan fingerprint density at radius 3 is 0.944 bits per heavy atom. The van der Waals surface area contributed by atoms with Crippen LogP contribution in [0.4, 0.5) is 0 Å². The molecule has 15 heteroatoms. The maximum atomic E-state index is 14.4. The van der Waals surface area contributed by atoms with Crippen molar-refractivity contribution in [3.05, 3.63) is 126 Å². The molecule has 4 aromatic carbocycles. The van der Waals surface area contributed by atoms with E-state index < -0.39 is 17.9 Å². The Kier molecular flexibility index (Phi) is 10.1. The molecule has 270 valence electrons. The number of nitrogens with zero attached hydrogens (tertiary/aromatic N) is 9. The third kappa shape index (κ3) is 6.72. The average Bonchev–Trinajstić information content (AvgIpc) is 4.00. The van der Waals surface area contributed by atoms with E-state index in [9.17, 15) is 14.4 Å². The second-order valence-electron chi connectivity index (χ2n) is 11.6. The van der Waals surface area contributed by atoms with Gasteiger partial charge in [-0.1, -0.05) is 107 Å². The summed E-state index contributed by atoms with van der Waals surface area (Å²) in [5.74, 6) is -2.70. The van der Waals surface area contributed by atoms with Crippen molar-refractivity contribution in [3.8, 4) is 50.8 Å². The van der Waals surface area contributed by atoms with Gasteiger partial charge in [-0.2, -0.15) is 0 Å². The summed E-state index contributed by atoms with van der Waals surface area (Å²) in [5, 5.41) is 26.3. The highest BCUT2D eigenvalue weighted by molar-refractivity contribution is 6.13. The SMILES string of the molecule is CCOC(=O)c1c(-n2cc(-c3ccccc3)nn2)c(C(=O)OCC)c(-n2cc(-c3ccccc3)nn2)c(C(=O)OCC)c1-n1cc(-c2ccccc2)nn1. The summed E-state index contributed by atoms with van der Waals surface area (Å²) >= 11 is 0. The number of carbonyl (C=O) groups excluding carboxylic acids is 3. The zero-order valence-corrected chi connectivity index (χ0v) is 29.5. The minimum atomic E-state index is -0.901. The van der Waals surface area contributed by atoms with Crippen LogP contribution < -0.4 is 0 Å². The lowest BCUT2D eigenvalue weighted by Crippen LogP contribution is -2.27. The van der Waals surface area contributed by atoms with Crippen molar-refractivity contribution >= 4 is 17.9 Å². The average molecular weight is 724 g/mol. The zero-order chi connectivity index (χ0) is 37.6. The first-order valence-electron chi connectivity index (χ1n) is 17.1. The van der Waals surface area contributed by atoms with E-state index in [2.05, 4.69) is 30.9 Å². The van der Waals surface area contributed by atoms with Crippen LogP contribution in [0.15, 0.2) is 110 Å². The summed E-state index contributed by atoms with van der Waals surface area (Å²) in [5.41, 5.74) is 2.30. The monoisotopic (exact) mass is 723 g/mol. The number of benzene rings is 4. The molecule has 0 atom stereocenters. The van der Waals surface area contributed by atoms with Crippen LogP contribution in [0.5, 0.6) is 0 Å². The summed E-state index contributed by atoms with van der Waals surface area (Å²) in [4.78, 5) is 43.2. The Bertz CT molecular complexity index is 2150. The zero-order valence-electron chi connectivity index (χ0n) is 29.5. The third-order valence-corrected chi connectivity index (χ3v) is 8.24. The van der Waals surface area contributed by atoms with Gasteiger partial charge in [-0.15, -0.1) is 15.3 Å². The topological polar surface area (TPSA) is 171 Å². The van der Waals surface area contributed by atoms with Crippen LogP contribution in [0.2, 0.25) is 0 Å². The van der Waals surface area contributed by atoms with Crippen LogP contribution in [-0.4, -0.2) is 82.7 Å². The molecule has 7 aromatic rings. The lowest BCUT2D eigenvalue weighted by atomic mass is 9.95. The third-order valence-electron chi connectivity index (χ3n) is 8.24. The van der Waals surface area contributed by atoms with Crippen LogP contribution in [-0.2, 0) is 14.2 Å². The van der Waals surface area contributed by atoms with Crippen molar-refractivity contribution in [1.82, 2.24) is 45.0 Å². The quantitative estimate of drug-likeness (QED) is 0.107. The lowest BCUT2D eigenvalue weighted by Gasteiger charge is -2.23. The van der Waals surface area contributed by atoms with Gasteiger partial charge in [0, 0.05) is 16.7 Å². The van der Waals surface area contributed by atoms with Crippen LogP contribution in [0.25, 0.3) is 50.8 Å². The van der Waals surface area contributed by atoms with E-state index in [4.69, 9.17) is 14.2 Å². The predicted molar refractivity (Wildman–Crippen MR) is 195 cm³/mol. The first-order chi connectivity index (χ1) is 26.4. The van der Waals surface area contributed by atoms with Crippen molar-refractivity contribution in [2.24, 2.45) is 0 Å². The Balaban J connectivity index is 1.65. The Hall–Kier alpha value is -7.29. The Labute approximate surface area is 308 Å². The lowest BCUT2D eigenvalue weighted by molar-refractivity contribution is 0.0523. The molecule has 15 nitrogen and oxygen atoms in total. The number of ether oxygens (including phenoxy) is 3.